The predicted molar refractivity (Wildman–Crippen MR) is 45.7 cm³/mol. The van der Waals surface area contributed by atoms with E-state index >= 15 is 0 Å². The summed E-state index contributed by atoms with van der Waals surface area (Å²) in [7, 11) is 0. The highest BCUT2D eigenvalue weighted by atomic mass is 32.2. The van der Waals surface area contributed by atoms with E-state index in [4.69, 9.17) is 4.74 Å². The Morgan fingerprint density at radius 3 is 2.91 bits per heavy atom. The van der Waals surface area contributed by atoms with Crippen LogP contribution in [0.15, 0.2) is 0 Å². The van der Waals surface area contributed by atoms with Crippen LogP contribution in [0.2, 0.25) is 0 Å². The maximum Gasteiger partial charge on any atom is 0.221 e. The van der Waals surface area contributed by atoms with Crippen LogP contribution in [0.5, 0.6) is 0 Å². The molecular weight excluding hydrogens is 162 g/mol. The van der Waals surface area contributed by atoms with E-state index in [-0.39, 0.29) is 11.9 Å². The maximum absolute atomic E-state index is 11.0. The van der Waals surface area contributed by atoms with E-state index in [1.807, 2.05) is 6.26 Å². The van der Waals surface area contributed by atoms with Crippen molar-refractivity contribution < 1.29 is 9.53 Å². The Bertz CT molecular complexity index is 136. The first-order valence-corrected chi connectivity index (χ1v) is 5.08. The van der Waals surface area contributed by atoms with Gasteiger partial charge in [-0.2, -0.15) is 11.8 Å². The molecule has 0 bridgehead atoms. The third kappa shape index (κ3) is 3.12. The third-order valence-corrected chi connectivity index (χ3v) is 2.15. The van der Waals surface area contributed by atoms with Gasteiger partial charge in [-0.3, -0.25) is 4.79 Å². The third-order valence-electron chi connectivity index (χ3n) is 1.54. The highest BCUT2D eigenvalue weighted by Gasteiger charge is 2.19. The largest absolute Gasteiger partial charge is 0.377 e. The monoisotopic (exact) mass is 175 g/mol. The van der Waals surface area contributed by atoms with Crippen LogP contribution in [0.25, 0.3) is 0 Å². The number of carbonyl (C=O) groups is 1. The number of carbonyl (C=O) groups excluding carboxylic acids is 1. The Morgan fingerprint density at radius 2 is 2.45 bits per heavy atom. The number of hydrogen-bond donors (Lipinski definition) is 1. The predicted octanol–water partition coefficient (Wildman–Crippen LogP) is 0.254. The molecule has 1 amide bonds. The number of hydrogen-bond acceptors (Lipinski definition) is 3. The molecule has 11 heavy (non-hydrogen) atoms. The van der Waals surface area contributed by atoms with Crippen molar-refractivity contribution >= 4 is 17.7 Å². The van der Waals surface area contributed by atoms with Crippen molar-refractivity contribution in [2.75, 3.05) is 25.2 Å². The summed E-state index contributed by atoms with van der Waals surface area (Å²) in [5, 5.41) is 2.87. The fourth-order valence-corrected chi connectivity index (χ4v) is 1.20. The zero-order valence-electron chi connectivity index (χ0n) is 6.63. The molecule has 1 saturated heterocycles. The highest BCUT2D eigenvalue weighted by Crippen LogP contribution is 2.01. The summed E-state index contributed by atoms with van der Waals surface area (Å²) in [6, 6.07) is 0.282. The summed E-state index contributed by atoms with van der Waals surface area (Å²) in [4.78, 5) is 11.0. The van der Waals surface area contributed by atoms with E-state index in [2.05, 4.69) is 5.32 Å². The fraction of sp³-hybridized carbons (Fsp3) is 0.857. The van der Waals surface area contributed by atoms with Crippen LogP contribution in [0.3, 0.4) is 0 Å². The van der Waals surface area contributed by atoms with Gasteiger partial charge in [0, 0.05) is 12.2 Å². The Balaban J connectivity index is 2.00. The Hall–Kier alpha value is -0.220. The quantitative estimate of drug-likeness (QED) is 0.666. The second-order valence-corrected chi connectivity index (χ2v) is 3.53. The van der Waals surface area contributed by atoms with Crippen LogP contribution in [-0.2, 0) is 9.53 Å². The molecule has 1 aliphatic rings. The van der Waals surface area contributed by atoms with E-state index < -0.39 is 0 Å². The lowest BCUT2D eigenvalue weighted by Gasteiger charge is -2.26. The molecule has 0 atom stereocenters. The molecule has 0 aromatic carbocycles. The molecule has 1 N–H and O–H groups in total. The molecule has 1 heterocycles. The van der Waals surface area contributed by atoms with E-state index in [1.54, 1.807) is 11.8 Å². The Kier molecular flexibility index (Phi) is 3.72. The molecule has 4 heteroatoms. The molecule has 0 spiro atoms. The number of nitrogens with one attached hydrogen (secondary N) is 1. The van der Waals surface area contributed by atoms with Gasteiger partial charge in [0.1, 0.15) is 0 Å². The van der Waals surface area contributed by atoms with Crippen LogP contribution in [0.4, 0.5) is 0 Å². The molecular formula is C7H13NO2S. The lowest BCUT2D eigenvalue weighted by Crippen LogP contribution is -2.48. The molecule has 0 aliphatic carbocycles. The van der Waals surface area contributed by atoms with E-state index in [0.29, 0.717) is 19.6 Å². The standard InChI is InChI=1S/C7H13NO2S/c1-11-3-2-7(9)8-6-4-10-5-6/h6H,2-5H2,1H3,(H,8,9). The average Bonchev–Trinajstić information content (AvgIpc) is 1.93. The van der Waals surface area contributed by atoms with Gasteiger partial charge in [-0.15, -0.1) is 0 Å². The van der Waals surface area contributed by atoms with Crippen LogP contribution < -0.4 is 5.32 Å². The molecule has 0 saturated carbocycles. The zero-order chi connectivity index (χ0) is 8.10. The van der Waals surface area contributed by atoms with E-state index in [1.165, 1.54) is 0 Å². The first-order chi connectivity index (χ1) is 5.33. The maximum atomic E-state index is 11.0. The molecule has 1 aliphatic heterocycles. The van der Waals surface area contributed by atoms with Crippen molar-refractivity contribution in [1.82, 2.24) is 5.32 Å². The minimum Gasteiger partial charge on any atom is -0.377 e. The van der Waals surface area contributed by atoms with Crippen molar-refractivity contribution in [2.24, 2.45) is 0 Å². The van der Waals surface area contributed by atoms with Crippen molar-refractivity contribution in [1.29, 1.82) is 0 Å². The van der Waals surface area contributed by atoms with Crippen LogP contribution >= 0.6 is 11.8 Å². The highest BCUT2D eigenvalue weighted by molar-refractivity contribution is 7.98. The lowest BCUT2D eigenvalue weighted by molar-refractivity contribution is -0.124. The van der Waals surface area contributed by atoms with Gasteiger partial charge in [0.25, 0.3) is 0 Å². The normalized spacial score (nSPS) is 17.5. The second kappa shape index (κ2) is 4.62. The van der Waals surface area contributed by atoms with Gasteiger partial charge >= 0.3 is 0 Å². The lowest BCUT2D eigenvalue weighted by atomic mass is 10.2. The molecule has 0 aromatic rings. The van der Waals surface area contributed by atoms with E-state index in [0.717, 1.165) is 5.75 Å². The summed E-state index contributed by atoms with van der Waals surface area (Å²) in [6.07, 6.45) is 2.62. The summed E-state index contributed by atoms with van der Waals surface area (Å²) in [6.45, 7) is 1.37. The van der Waals surface area contributed by atoms with Crippen LogP contribution in [0, 0.1) is 0 Å². The summed E-state index contributed by atoms with van der Waals surface area (Å²) < 4.78 is 4.92. The van der Waals surface area contributed by atoms with Gasteiger partial charge in [0.05, 0.1) is 19.3 Å². The number of ether oxygens (including phenoxy) is 1. The summed E-state index contributed by atoms with van der Waals surface area (Å²) >= 11 is 1.69. The number of rotatable bonds is 4. The molecule has 1 fully saturated rings. The molecule has 64 valence electrons. The van der Waals surface area contributed by atoms with E-state index in [9.17, 15) is 4.79 Å². The number of amides is 1. The van der Waals surface area contributed by atoms with Gasteiger partial charge in [0.15, 0.2) is 0 Å². The van der Waals surface area contributed by atoms with Gasteiger partial charge < -0.3 is 10.1 Å². The van der Waals surface area contributed by atoms with Gasteiger partial charge in [-0.25, -0.2) is 0 Å². The topological polar surface area (TPSA) is 38.3 Å². The first kappa shape index (κ1) is 8.87. The minimum atomic E-state index is 0.146. The zero-order valence-corrected chi connectivity index (χ0v) is 7.45. The van der Waals surface area contributed by atoms with Crippen LogP contribution in [0.1, 0.15) is 6.42 Å². The SMILES string of the molecule is CSCCC(=O)NC1COC1. The van der Waals surface area contributed by atoms with Crippen molar-refractivity contribution in [3.8, 4) is 0 Å². The Morgan fingerprint density at radius 1 is 1.73 bits per heavy atom. The first-order valence-electron chi connectivity index (χ1n) is 3.69. The second-order valence-electron chi connectivity index (χ2n) is 2.54. The molecule has 0 unspecified atom stereocenters. The van der Waals surface area contributed by atoms with Crippen LogP contribution in [-0.4, -0.2) is 37.2 Å². The summed E-state index contributed by atoms with van der Waals surface area (Å²) in [5.74, 6) is 1.05. The molecule has 0 aromatic heterocycles. The molecule has 3 nitrogen and oxygen atoms in total. The van der Waals surface area contributed by atoms with Gasteiger partial charge in [-0.1, -0.05) is 0 Å². The van der Waals surface area contributed by atoms with Gasteiger partial charge in [-0.05, 0) is 6.26 Å². The summed E-state index contributed by atoms with van der Waals surface area (Å²) in [5.41, 5.74) is 0. The van der Waals surface area contributed by atoms with Crippen molar-refractivity contribution in [3.63, 3.8) is 0 Å². The minimum absolute atomic E-state index is 0.146. The van der Waals surface area contributed by atoms with Gasteiger partial charge in [0.2, 0.25) is 5.91 Å². The van der Waals surface area contributed by atoms with Crippen molar-refractivity contribution in [3.05, 3.63) is 0 Å². The molecule has 1 rings (SSSR count). The smallest absolute Gasteiger partial charge is 0.221 e. The molecule has 0 radical (unpaired) electrons. The van der Waals surface area contributed by atoms with Crippen molar-refractivity contribution in [2.45, 2.75) is 12.5 Å². The fourth-order valence-electron chi connectivity index (χ4n) is 0.814. The Labute approximate surface area is 70.9 Å². The number of thioether (sulfide) groups is 1. The average molecular weight is 175 g/mol.